The standard InChI is InChI=1S/C10H18O3/c1-2-10-4-8(6-13-10)7(5-11)3-9(10)12/h7-9,11-12H,2-6H2,1H3. The van der Waals surface area contributed by atoms with Gasteiger partial charge in [0.15, 0.2) is 0 Å². The Bertz CT molecular complexity index is 195. The first-order valence-corrected chi connectivity index (χ1v) is 5.14. The number of ether oxygens (including phenoxy) is 1. The smallest absolute Gasteiger partial charge is 0.0941 e. The first kappa shape index (κ1) is 9.44. The molecule has 1 saturated heterocycles. The maximum absolute atomic E-state index is 9.91. The fraction of sp³-hybridized carbons (Fsp3) is 1.00. The van der Waals surface area contributed by atoms with E-state index in [1.807, 2.05) is 0 Å². The Labute approximate surface area is 78.7 Å². The van der Waals surface area contributed by atoms with Gasteiger partial charge in [-0.15, -0.1) is 0 Å². The highest BCUT2D eigenvalue weighted by Gasteiger charge is 2.51. The summed E-state index contributed by atoms with van der Waals surface area (Å²) in [4.78, 5) is 0. The second-order valence-electron chi connectivity index (χ2n) is 4.39. The van der Waals surface area contributed by atoms with Crippen molar-refractivity contribution < 1.29 is 14.9 Å². The molecule has 2 aliphatic rings. The molecule has 2 rings (SSSR count). The van der Waals surface area contributed by atoms with Gasteiger partial charge in [0.25, 0.3) is 0 Å². The van der Waals surface area contributed by atoms with Gasteiger partial charge in [-0.2, -0.15) is 0 Å². The Balaban J connectivity index is 2.14. The van der Waals surface area contributed by atoms with Crippen LogP contribution in [-0.2, 0) is 4.74 Å². The lowest BCUT2D eigenvalue weighted by molar-refractivity contribution is -0.102. The fourth-order valence-corrected chi connectivity index (χ4v) is 2.77. The zero-order valence-electron chi connectivity index (χ0n) is 8.07. The zero-order chi connectivity index (χ0) is 9.47. The molecule has 3 heteroatoms. The van der Waals surface area contributed by atoms with Gasteiger partial charge in [-0.05, 0) is 31.1 Å². The van der Waals surface area contributed by atoms with Gasteiger partial charge in [-0.3, -0.25) is 0 Å². The van der Waals surface area contributed by atoms with Crippen molar-refractivity contribution in [3.63, 3.8) is 0 Å². The van der Waals surface area contributed by atoms with Crippen molar-refractivity contribution in [2.24, 2.45) is 11.8 Å². The number of aliphatic hydroxyl groups is 2. The van der Waals surface area contributed by atoms with E-state index < -0.39 is 0 Å². The van der Waals surface area contributed by atoms with Gasteiger partial charge in [0.05, 0.1) is 18.3 Å². The summed E-state index contributed by atoms with van der Waals surface area (Å²) in [6.45, 7) is 2.96. The van der Waals surface area contributed by atoms with E-state index in [2.05, 4.69) is 6.92 Å². The van der Waals surface area contributed by atoms with Crippen molar-refractivity contribution >= 4 is 0 Å². The van der Waals surface area contributed by atoms with Gasteiger partial charge in [0.2, 0.25) is 0 Å². The minimum atomic E-state index is -0.381. The molecule has 4 atom stereocenters. The molecule has 2 N–H and O–H groups in total. The highest BCUT2D eigenvalue weighted by Crippen LogP contribution is 2.46. The van der Waals surface area contributed by atoms with Gasteiger partial charge >= 0.3 is 0 Å². The number of hydrogen-bond donors (Lipinski definition) is 2. The largest absolute Gasteiger partial charge is 0.396 e. The van der Waals surface area contributed by atoms with Crippen LogP contribution in [0.5, 0.6) is 0 Å². The molecule has 2 fully saturated rings. The molecule has 0 aromatic rings. The molecule has 2 bridgehead atoms. The van der Waals surface area contributed by atoms with Crippen LogP contribution in [0.2, 0.25) is 0 Å². The van der Waals surface area contributed by atoms with Gasteiger partial charge in [-0.25, -0.2) is 0 Å². The molecule has 0 aromatic carbocycles. The summed E-state index contributed by atoms with van der Waals surface area (Å²) in [7, 11) is 0. The van der Waals surface area contributed by atoms with Crippen LogP contribution in [0.4, 0.5) is 0 Å². The molecule has 0 radical (unpaired) electrons. The maximum atomic E-state index is 9.91. The SMILES string of the molecule is CCC12CC(CO1)C(CO)CC2O. The third kappa shape index (κ3) is 1.30. The third-order valence-electron chi connectivity index (χ3n) is 3.83. The van der Waals surface area contributed by atoms with Crippen LogP contribution in [0.25, 0.3) is 0 Å². The van der Waals surface area contributed by atoms with Gasteiger partial charge < -0.3 is 14.9 Å². The first-order valence-electron chi connectivity index (χ1n) is 5.14. The lowest BCUT2D eigenvalue weighted by Gasteiger charge is -2.38. The quantitative estimate of drug-likeness (QED) is 0.662. The molecule has 13 heavy (non-hydrogen) atoms. The molecular weight excluding hydrogens is 168 g/mol. The summed E-state index contributed by atoms with van der Waals surface area (Å²) in [6.07, 6.45) is 2.13. The van der Waals surface area contributed by atoms with E-state index >= 15 is 0 Å². The topological polar surface area (TPSA) is 49.7 Å². The van der Waals surface area contributed by atoms with E-state index in [4.69, 9.17) is 9.84 Å². The highest BCUT2D eigenvalue weighted by molar-refractivity contribution is 5.01. The molecule has 1 heterocycles. The minimum Gasteiger partial charge on any atom is -0.396 e. The van der Waals surface area contributed by atoms with Crippen LogP contribution in [-0.4, -0.2) is 35.1 Å². The first-order chi connectivity index (χ1) is 6.22. The Morgan fingerprint density at radius 3 is 2.92 bits per heavy atom. The molecule has 0 spiro atoms. The Morgan fingerprint density at radius 1 is 1.54 bits per heavy atom. The average Bonchev–Trinajstić information content (AvgIpc) is 2.54. The number of aliphatic hydroxyl groups excluding tert-OH is 2. The van der Waals surface area contributed by atoms with Crippen LogP contribution in [0.3, 0.4) is 0 Å². The average molecular weight is 186 g/mol. The third-order valence-corrected chi connectivity index (χ3v) is 3.83. The fourth-order valence-electron chi connectivity index (χ4n) is 2.77. The lowest BCUT2D eigenvalue weighted by Crippen LogP contribution is -2.46. The van der Waals surface area contributed by atoms with Gasteiger partial charge in [-0.1, -0.05) is 6.92 Å². The molecule has 1 aliphatic heterocycles. The summed E-state index contributed by atoms with van der Waals surface area (Å²) in [5, 5.41) is 19.0. The molecule has 4 unspecified atom stereocenters. The zero-order valence-corrected chi connectivity index (χ0v) is 8.07. The predicted molar refractivity (Wildman–Crippen MR) is 48.3 cm³/mol. The lowest BCUT2D eigenvalue weighted by atomic mass is 9.72. The van der Waals surface area contributed by atoms with Gasteiger partial charge in [0, 0.05) is 6.61 Å². The number of hydrogen-bond acceptors (Lipinski definition) is 3. The molecule has 3 nitrogen and oxygen atoms in total. The molecule has 0 aromatic heterocycles. The normalized spacial score (nSPS) is 49.6. The van der Waals surface area contributed by atoms with Gasteiger partial charge in [0.1, 0.15) is 0 Å². The molecule has 1 saturated carbocycles. The van der Waals surface area contributed by atoms with Crippen molar-refractivity contribution in [2.45, 2.75) is 37.9 Å². The van der Waals surface area contributed by atoms with Crippen molar-refractivity contribution in [3.8, 4) is 0 Å². The second kappa shape index (κ2) is 3.23. The molecule has 0 amide bonds. The Kier molecular flexibility index (Phi) is 2.34. The van der Waals surface area contributed by atoms with Crippen molar-refractivity contribution in [1.82, 2.24) is 0 Å². The summed E-state index contributed by atoms with van der Waals surface area (Å²) >= 11 is 0. The van der Waals surface area contributed by atoms with Crippen molar-refractivity contribution in [2.75, 3.05) is 13.2 Å². The Morgan fingerprint density at radius 2 is 2.31 bits per heavy atom. The van der Waals surface area contributed by atoms with E-state index in [9.17, 15) is 5.11 Å². The van der Waals surface area contributed by atoms with Crippen LogP contribution in [0, 0.1) is 11.8 Å². The Hall–Kier alpha value is -0.120. The van der Waals surface area contributed by atoms with Crippen LogP contribution >= 0.6 is 0 Å². The summed E-state index contributed by atoms with van der Waals surface area (Å²) < 4.78 is 5.70. The van der Waals surface area contributed by atoms with Crippen LogP contribution in [0.1, 0.15) is 26.2 Å². The summed E-state index contributed by atoms with van der Waals surface area (Å²) in [5.74, 6) is 0.713. The van der Waals surface area contributed by atoms with E-state index in [1.54, 1.807) is 0 Å². The number of rotatable bonds is 2. The number of fused-ring (bicyclic) bond motifs is 2. The van der Waals surface area contributed by atoms with E-state index in [0.29, 0.717) is 12.3 Å². The summed E-state index contributed by atoms with van der Waals surface area (Å²) in [5.41, 5.74) is -0.281. The molecule has 1 aliphatic carbocycles. The minimum absolute atomic E-state index is 0.185. The van der Waals surface area contributed by atoms with Crippen molar-refractivity contribution in [1.29, 1.82) is 0 Å². The monoisotopic (exact) mass is 186 g/mol. The van der Waals surface area contributed by atoms with E-state index in [1.165, 1.54) is 0 Å². The summed E-state index contributed by atoms with van der Waals surface area (Å²) in [6, 6.07) is 0. The highest BCUT2D eigenvalue weighted by atomic mass is 16.5. The van der Waals surface area contributed by atoms with Crippen LogP contribution < -0.4 is 0 Å². The molecule has 76 valence electrons. The second-order valence-corrected chi connectivity index (χ2v) is 4.39. The molecular formula is C10H18O3. The maximum Gasteiger partial charge on any atom is 0.0941 e. The van der Waals surface area contributed by atoms with Crippen LogP contribution in [0.15, 0.2) is 0 Å². The van der Waals surface area contributed by atoms with E-state index in [0.717, 1.165) is 19.4 Å². The van der Waals surface area contributed by atoms with E-state index in [-0.39, 0.29) is 24.2 Å². The van der Waals surface area contributed by atoms with Crippen molar-refractivity contribution in [3.05, 3.63) is 0 Å². The predicted octanol–water partition coefficient (Wildman–Crippen LogP) is 0.545.